The van der Waals surface area contributed by atoms with E-state index in [2.05, 4.69) is 23.9 Å². The second-order valence-corrected chi connectivity index (χ2v) is 4.89. The highest BCUT2D eigenvalue weighted by molar-refractivity contribution is 5.79. The van der Waals surface area contributed by atoms with Crippen molar-refractivity contribution < 1.29 is 4.79 Å². The number of carbonyl (C=O) groups excluding carboxylic acids is 1. The number of hydrogen-bond acceptors (Lipinski definition) is 4. The summed E-state index contributed by atoms with van der Waals surface area (Å²) in [5.74, 6) is -0.400. The van der Waals surface area contributed by atoms with Gasteiger partial charge in [0.1, 0.15) is 0 Å². The van der Waals surface area contributed by atoms with E-state index in [0.717, 1.165) is 19.6 Å². The van der Waals surface area contributed by atoms with Gasteiger partial charge in [-0.2, -0.15) is 0 Å². The number of primary amides is 1. The molecule has 16 heavy (non-hydrogen) atoms. The van der Waals surface area contributed by atoms with Crippen LogP contribution in [0.25, 0.3) is 0 Å². The average molecular weight is 228 g/mol. The quantitative estimate of drug-likeness (QED) is 0.625. The predicted molar refractivity (Wildman–Crippen MR) is 64.9 cm³/mol. The molecule has 1 aliphatic heterocycles. The minimum Gasteiger partial charge on any atom is -0.368 e. The summed E-state index contributed by atoms with van der Waals surface area (Å²) in [5.41, 5.74) is 10.8. The van der Waals surface area contributed by atoms with Crippen LogP contribution in [0.1, 0.15) is 19.3 Å². The Hall–Kier alpha value is -0.650. The van der Waals surface area contributed by atoms with Gasteiger partial charge in [0, 0.05) is 19.1 Å². The lowest BCUT2D eigenvalue weighted by molar-refractivity contribution is -0.119. The predicted octanol–water partition coefficient (Wildman–Crippen LogP) is -0.785. The van der Waals surface area contributed by atoms with Gasteiger partial charge in [-0.1, -0.05) is 0 Å². The van der Waals surface area contributed by atoms with Crippen molar-refractivity contribution in [1.82, 2.24) is 9.80 Å². The normalized spacial score (nSPS) is 23.9. The van der Waals surface area contributed by atoms with Gasteiger partial charge in [-0.15, -0.1) is 0 Å². The molecule has 2 atom stereocenters. The van der Waals surface area contributed by atoms with Crippen LogP contribution in [0.5, 0.6) is 0 Å². The molecule has 0 bridgehead atoms. The van der Waals surface area contributed by atoms with Crippen molar-refractivity contribution in [2.75, 3.05) is 33.7 Å². The molecule has 0 aromatic carbocycles. The SMILES string of the molecule is CN(C)CC1CCCN1CCC(N)C(N)=O. The Kier molecular flexibility index (Phi) is 5.18. The molecule has 0 spiro atoms. The number of likely N-dealkylation sites (tertiary alicyclic amines) is 1. The van der Waals surface area contributed by atoms with Gasteiger partial charge < -0.3 is 16.4 Å². The van der Waals surface area contributed by atoms with Crippen molar-refractivity contribution in [2.45, 2.75) is 31.3 Å². The highest BCUT2D eigenvalue weighted by Crippen LogP contribution is 2.17. The van der Waals surface area contributed by atoms with E-state index in [-0.39, 0.29) is 0 Å². The molecule has 0 aromatic rings. The van der Waals surface area contributed by atoms with Crippen LogP contribution in [0.3, 0.4) is 0 Å². The van der Waals surface area contributed by atoms with Crippen LogP contribution in [0, 0.1) is 0 Å². The second kappa shape index (κ2) is 6.18. The Labute approximate surface area is 97.7 Å². The summed E-state index contributed by atoms with van der Waals surface area (Å²) in [4.78, 5) is 15.5. The Bertz CT molecular complexity index is 232. The van der Waals surface area contributed by atoms with Crippen molar-refractivity contribution in [1.29, 1.82) is 0 Å². The summed E-state index contributed by atoms with van der Waals surface area (Å²) < 4.78 is 0. The molecule has 5 nitrogen and oxygen atoms in total. The van der Waals surface area contributed by atoms with Crippen molar-refractivity contribution in [3.8, 4) is 0 Å². The van der Waals surface area contributed by atoms with Crippen molar-refractivity contribution >= 4 is 5.91 Å². The van der Waals surface area contributed by atoms with Gasteiger partial charge in [-0.3, -0.25) is 9.69 Å². The molecule has 2 unspecified atom stereocenters. The molecule has 0 aliphatic carbocycles. The molecule has 1 fully saturated rings. The Balaban J connectivity index is 2.32. The van der Waals surface area contributed by atoms with Gasteiger partial charge >= 0.3 is 0 Å². The van der Waals surface area contributed by atoms with Crippen molar-refractivity contribution in [3.63, 3.8) is 0 Å². The fourth-order valence-corrected chi connectivity index (χ4v) is 2.26. The summed E-state index contributed by atoms with van der Waals surface area (Å²) in [6.07, 6.45) is 3.15. The zero-order chi connectivity index (χ0) is 12.1. The molecule has 94 valence electrons. The third kappa shape index (κ3) is 4.08. The van der Waals surface area contributed by atoms with E-state index in [9.17, 15) is 4.79 Å². The van der Waals surface area contributed by atoms with E-state index in [1.165, 1.54) is 12.8 Å². The highest BCUT2D eigenvalue weighted by Gasteiger charge is 2.25. The van der Waals surface area contributed by atoms with Gasteiger partial charge in [0.15, 0.2) is 0 Å². The van der Waals surface area contributed by atoms with Crippen LogP contribution < -0.4 is 11.5 Å². The molecule has 4 N–H and O–H groups in total. The zero-order valence-electron chi connectivity index (χ0n) is 10.4. The van der Waals surface area contributed by atoms with Crippen LogP contribution in [-0.2, 0) is 4.79 Å². The fraction of sp³-hybridized carbons (Fsp3) is 0.909. The van der Waals surface area contributed by atoms with Crippen LogP contribution in [0.15, 0.2) is 0 Å². The minimum absolute atomic E-state index is 0.400. The molecule has 0 aromatic heterocycles. The number of likely N-dealkylation sites (N-methyl/N-ethyl adjacent to an activating group) is 1. The summed E-state index contributed by atoms with van der Waals surface area (Å²) in [7, 11) is 4.18. The minimum atomic E-state index is -0.499. The Morgan fingerprint density at radius 3 is 2.81 bits per heavy atom. The van der Waals surface area contributed by atoms with Gasteiger partial charge in [-0.25, -0.2) is 0 Å². The van der Waals surface area contributed by atoms with E-state index in [1.54, 1.807) is 0 Å². The lowest BCUT2D eigenvalue weighted by Gasteiger charge is -2.27. The third-order valence-corrected chi connectivity index (χ3v) is 3.17. The molecule has 1 amide bonds. The van der Waals surface area contributed by atoms with Gasteiger partial charge in [0.05, 0.1) is 6.04 Å². The number of nitrogens with two attached hydrogens (primary N) is 2. The van der Waals surface area contributed by atoms with Crippen molar-refractivity contribution in [3.05, 3.63) is 0 Å². The van der Waals surface area contributed by atoms with Gasteiger partial charge in [0.25, 0.3) is 0 Å². The standard InChI is InChI=1S/C11H24N4O/c1-14(2)8-9-4-3-6-15(9)7-5-10(12)11(13)16/h9-10H,3-8,12H2,1-2H3,(H2,13,16). The molecular formula is C11H24N4O. The first-order valence-corrected chi connectivity index (χ1v) is 5.94. The topological polar surface area (TPSA) is 75.6 Å². The third-order valence-electron chi connectivity index (χ3n) is 3.17. The molecule has 0 radical (unpaired) electrons. The van der Waals surface area contributed by atoms with Crippen LogP contribution >= 0.6 is 0 Å². The van der Waals surface area contributed by atoms with Crippen LogP contribution in [-0.4, -0.2) is 61.5 Å². The highest BCUT2D eigenvalue weighted by atomic mass is 16.1. The van der Waals surface area contributed by atoms with Crippen molar-refractivity contribution in [2.24, 2.45) is 11.5 Å². The number of rotatable bonds is 6. The number of amides is 1. The lowest BCUT2D eigenvalue weighted by atomic mass is 10.1. The summed E-state index contributed by atoms with van der Waals surface area (Å²) in [6, 6.07) is 0.107. The maximum absolute atomic E-state index is 10.8. The molecule has 1 heterocycles. The fourth-order valence-electron chi connectivity index (χ4n) is 2.26. The first-order valence-electron chi connectivity index (χ1n) is 5.94. The Morgan fingerprint density at radius 1 is 1.56 bits per heavy atom. The summed E-state index contributed by atoms with van der Waals surface area (Å²) >= 11 is 0. The van der Waals surface area contributed by atoms with E-state index in [4.69, 9.17) is 11.5 Å². The first kappa shape index (κ1) is 13.4. The largest absolute Gasteiger partial charge is 0.368 e. The zero-order valence-corrected chi connectivity index (χ0v) is 10.4. The summed E-state index contributed by atoms with van der Waals surface area (Å²) in [6.45, 7) is 3.07. The molecule has 5 heteroatoms. The Morgan fingerprint density at radius 2 is 2.25 bits per heavy atom. The molecule has 1 rings (SSSR count). The van der Waals surface area contributed by atoms with Gasteiger partial charge in [0.2, 0.25) is 5.91 Å². The smallest absolute Gasteiger partial charge is 0.234 e. The number of carbonyl (C=O) groups is 1. The van der Waals surface area contributed by atoms with Gasteiger partial charge in [-0.05, 0) is 39.9 Å². The summed E-state index contributed by atoms with van der Waals surface area (Å²) in [5, 5.41) is 0. The monoisotopic (exact) mass is 228 g/mol. The molecule has 0 saturated carbocycles. The molecule has 1 aliphatic rings. The van der Waals surface area contributed by atoms with E-state index in [1.807, 2.05) is 0 Å². The van der Waals surface area contributed by atoms with E-state index >= 15 is 0 Å². The lowest BCUT2D eigenvalue weighted by Crippen LogP contribution is -2.42. The maximum atomic E-state index is 10.8. The van der Waals surface area contributed by atoms with E-state index < -0.39 is 11.9 Å². The van der Waals surface area contributed by atoms with Crippen LogP contribution in [0.2, 0.25) is 0 Å². The average Bonchev–Trinajstić information content (AvgIpc) is 2.60. The molecule has 1 saturated heterocycles. The van der Waals surface area contributed by atoms with E-state index in [0.29, 0.717) is 12.5 Å². The molecular weight excluding hydrogens is 204 g/mol. The number of hydrogen-bond donors (Lipinski definition) is 2. The van der Waals surface area contributed by atoms with Crippen LogP contribution in [0.4, 0.5) is 0 Å². The first-order chi connectivity index (χ1) is 7.50. The number of nitrogens with zero attached hydrogens (tertiary/aromatic N) is 2. The second-order valence-electron chi connectivity index (χ2n) is 4.89. The maximum Gasteiger partial charge on any atom is 0.234 e.